The van der Waals surface area contributed by atoms with Gasteiger partial charge in [-0.25, -0.2) is 4.39 Å². The van der Waals surface area contributed by atoms with Gasteiger partial charge < -0.3 is 19.8 Å². The second-order valence-electron chi connectivity index (χ2n) is 7.26. The maximum atomic E-state index is 13.9. The molecule has 1 aromatic carbocycles. The maximum absolute atomic E-state index is 13.9. The smallest absolute Gasteiger partial charge is 0.266 e. The van der Waals surface area contributed by atoms with Gasteiger partial charge in [0.1, 0.15) is 10.8 Å². The van der Waals surface area contributed by atoms with Crippen molar-refractivity contribution in [3.63, 3.8) is 0 Å². The van der Waals surface area contributed by atoms with E-state index >= 15 is 0 Å². The van der Waals surface area contributed by atoms with Gasteiger partial charge in [-0.15, -0.1) is 11.3 Å². The standard InChI is InChI=1S/C23H23FN2O4S/c1-2-17(30-18-10-4-3-9-16(18)24)21(27)26-23-20(15-8-5-11-19(15)31-23)22(28)25-13-14-7-6-12-29-14/h3-4,6-7,9-10,12,17H,2,5,8,11,13H2,1H3,(H,25,28)(H,26,27)/t17-/m0/s1. The van der Waals surface area contributed by atoms with Crippen LogP contribution in [0.3, 0.4) is 0 Å². The molecule has 2 heterocycles. The third-order valence-electron chi connectivity index (χ3n) is 5.16. The van der Waals surface area contributed by atoms with Crippen molar-refractivity contribution < 1.29 is 23.1 Å². The number of amides is 2. The van der Waals surface area contributed by atoms with Crippen LogP contribution in [0.25, 0.3) is 0 Å². The first-order chi connectivity index (χ1) is 15.1. The first-order valence-electron chi connectivity index (χ1n) is 10.2. The number of rotatable bonds is 8. The van der Waals surface area contributed by atoms with Crippen LogP contribution in [0.5, 0.6) is 5.75 Å². The highest BCUT2D eigenvalue weighted by molar-refractivity contribution is 7.17. The number of carbonyl (C=O) groups is 2. The number of ether oxygens (including phenoxy) is 1. The van der Waals surface area contributed by atoms with Crippen LogP contribution in [0, 0.1) is 5.82 Å². The van der Waals surface area contributed by atoms with Crippen LogP contribution < -0.4 is 15.4 Å². The Labute approximate surface area is 183 Å². The number of para-hydroxylation sites is 1. The van der Waals surface area contributed by atoms with Gasteiger partial charge in [-0.05, 0) is 55.5 Å². The average molecular weight is 443 g/mol. The van der Waals surface area contributed by atoms with Crippen LogP contribution >= 0.6 is 11.3 Å². The number of aryl methyl sites for hydroxylation is 1. The molecular formula is C23H23FN2O4S. The Morgan fingerprint density at radius 1 is 1.23 bits per heavy atom. The van der Waals surface area contributed by atoms with Crippen LogP contribution in [-0.4, -0.2) is 17.9 Å². The molecule has 0 bridgehead atoms. The van der Waals surface area contributed by atoms with E-state index in [2.05, 4.69) is 10.6 Å². The molecule has 0 saturated carbocycles. The Morgan fingerprint density at radius 2 is 2.06 bits per heavy atom. The molecule has 0 spiro atoms. The average Bonchev–Trinajstić information content (AvgIpc) is 3.49. The fourth-order valence-corrected chi connectivity index (χ4v) is 4.90. The summed E-state index contributed by atoms with van der Waals surface area (Å²) in [6.45, 7) is 2.05. The summed E-state index contributed by atoms with van der Waals surface area (Å²) in [7, 11) is 0. The highest BCUT2D eigenvalue weighted by Gasteiger charge is 2.29. The Kier molecular flexibility index (Phi) is 6.36. The largest absolute Gasteiger partial charge is 0.478 e. The molecule has 8 heteroatoms. The van der Waals surface area contributed by atoms with Crippen molar-refractivity contribution >= 4 is 28.2 Å². The summed E-state index contributed by atoms with van der Waals surface area (Å²) >= 11 is 1.42. The molecule has 0 aliphatic heterocycles. The lowest BCUT2D eigenvalue weighted by atomic mass is 10.1. The fourth-order valence-electron chi connectivity index (χ4n) is 3.61. The summed E-state index contributed by atoms with van der Waals surface area (Å²) in [5.41, 5.74) is 1.48. The minimum Gasteiger partial charge on any atom is -0.478 e. The van der Waals surface area contributed by atoms with E-state index in [1.807, 2.05) is 0 Å². The van der Waals surface area contributed by atoms with Crippen LogP contribution in [0.4, 0.5) is 9.39 Å². The van der Waals surface area contributed by atoms with Crippen molar-refractivity contribution in [2.45, 2.75) is 45.3 Å². The predicted molar refractivity (Wildman–Crippen MR) is 116 cm³/mol. The van der Waals surface area contributed by atoms with Crippen molar-refractivity contribution in [2.24, 2.45) is 0 Å². The lowest BCUT2D eigenvalue weighted by Gasteiger charge is -2.18. The number of fused-ring (bicyclic) bond motifs is 1. The quantitative estimate of drug-likeness (QED) is 0.530. The zero-order valence-electron chi connectivity index (χ0n) is 17.1. The number of anilines is 1. The molecule has 4 rings (SSSR count). The van der Waals surface area contributed by atoms with E-state index in [1.54, 1.807) is 37.5 Å². The van der Waals surface area contributed by atoms with Gasteiger partial charge in [-0.2, -0.15) is 0 Å². The number of halogens is 1. The summed E-state index contributed by atoms with van der Waals surface area (Å²) in [5.74, 6) is -0.522. The molecule has 1 aliphatic carbocycles. The van der Waals surface area contributed by atoms with Gasteiger partial charge in [-0.1, -0.05) is 19.1 Å². The Bertz CT molecular complexity index is 1080. The summed E-state index contributed by atoms with van der Waals surface area (Å²) in [5, 5.41) is 6.22. The van der Waals surface area contributed by atoms with Crippen LogP contribution in [-0.2, 0) is 24.2 Å². The number of benzene rings is 1. The number of hydrogen-bond acceptors (Lipinski definition) is 5. The predicted octanol–water partition coefficient (Wildman–Crippen LogP) is 4.70. The molecule has 2 aromatic heterocycles. The first kappa shape index (κ1) is 21.1. The summed E-state index contributed by atoms with van der Waals surface area (Å²) in [4.78, 5) is 27.0. The lowest BCUT2D eigenvalue weighted by Crippen LogP contribution is -2.33. The van der Waals surface area contributed by atoms with Crippen LogP contribution in [0.2, 0.25) is 0 Å². The van der Waals surface area contributed by atoms with E-state index in [-0.39, 0.29) is 18.2 Å². The van der Waals surface area contributed by atoms with Gasteiger partial charge in [0, 0.05) is 4.88 Å². The van der Waals surface area contributed by atoms with Crippen molar-refractivity contribution in [1.29, 1.82) is 0 Å². The van der Waals surface area contributed by atoms with E-state index in [1.165, 1.54) is 23.5 Å². The number of thiophene rings is 1. The normalized spacial score (nSPS) is 13.5. The molecule has 2 amide bonds. The zero-order chi connectivity index (χ0) is 21.8. The molecule has 0 fully saturated rings. The highest BCUT2D eigenvalue weighted by atomic mass is 32.1. The molecule has 1 aliphatic rings. The number of furan rings is 1. The van der Waals surface area contributed by atoms with Gasteiger partial charge in [-0.3, -0.25) is 9.59 Å². The van der Waals surface area contributed by atoms with Crippen LogP contribution in [0.1, 0.15) is 46.3 Å². The number of nitrogens with one attached hydrogen (secondary N) is 2. The Hall–Kier alpha value is -3.13. The van der Waals surface area contributed by atoms with Crippen molar-refractivity contribution in [2.75, 3.05) is 5.32 Å². The molecule has 0 radical (unpaired) electrons. The number of carbonyl (C=O) groups excluding carboxylic acids is 2. The minimum absolute atomic E-state index is 0.0228. The van der Waals surface area contributed by atoms with Crippen molar-refractivity contribution in [3.05, 3.63) is 70.2 Å². The fraction of sp³-hybridized carbons (Fsp3) is 0.304. The van der Waals surface area contributed by atoms with E-state index in [4.69, 9.17) is 9.15 Å². The zero-order valence-corrected chi connectivity index (χ0v) is 17.9. The lowest BCUT2D eigenvalue weighted by molar-refractivity contribution is -0.122. The maximum Gasteiger partial charge on any atom is 0.266 e. The molecular weight excluding hydrogens is 419 g/mol. The third kappa shape index (κ3) is 4.64. The van der Waals surface area contributed by atoms with Crippen molar-refractivity contribution in [3.8, 4) is 5.75 Å². The number of hydrogen-bond donors (Lipinski definition) is 2. The van der Waals surface area contributed by atoms with E-state index in [0.29, 0.717) is 22.7 Å². The van der Waals surface area contributed by atoms with Gasteiger partial charge in [0.25, 0.3) is 11.8 Å². The minimum atomic E-state index is -0.882. The SMILES string of the molecule is CC[C@H](Oc1ccccc1F)C(=O)Nc1sc2c(c1C(=O)NCc1ccco1)CCC2. The van der Waals surface area contributed by atoms with Crippen molar-refractivity contribution in [1.82, 2.24) is 5.32 Å². The second kappa shape index (κ2) is 9.34. The van der Waals surface area contributed by atoms with Gasteiger partial charge >= 0.3 is 0 Å². The third-order valence-corrected chi connectivity index (χ3v) is 6.36. The van der Waals surface area contributed by atoms with E-state index < -0.39 is 17.8 Å². The summed E-state index contributed by atoms with van der Waals surface area (Å²) in [6.07, 6.45) is 3.70. The van der Waals surface area contributed by atoms with Crippen LogP contribution in [0.15, 0.2) is 47.1 Å². The monoisotopic (exact) mass is 442 g/mol. The van der Waals surface area contributed by atoms with Gasteiger partial charge in [0.15, 0.2) is 17.7 Å². The van der Waals surface area contributed by atoms with Gasteiger partial charge in [0.05, 0.1) is 18.4 Å². The second-order valence-corrected chi connectivity index (χ2v) is 8.36. The Balaban J connectivity index is 1.51. The topological polar surface area (TPSA) is 80.6 Å². The molecule has 6 nitrogen and oxygen atoms in total. The molecule has 3 aromatic rings. The molecule has 162 valence electrons. The van der Waals surface area contributed by atoms with E-state index in [9.17, 15) is 14.0 Å². The molecule has 2 N–H and O–H groups in total. The summed E-state index contributed by atoms with van der Waals surface area (Å²) < 4.78 is 24.8. The molecule has 31 heavy (non-hydrogen) atoms. The first-order valence-corrected chi connectivity index (χ1v) is 11.1. The molecule has 0 unspecified atom stereocenters. The highest BCUT2D eigenvalue weighted by Crippen LogP contribution is 2.39. The Morgan fingerprint density at radius 3 is 2.81 bits per heavy atom. The molecule has 0 saturated heterocycles. The summed E-state index contributed by atoms with van der Waals surface area (Å²) in [6, 6.07) is 9.52. The van der Waals surface area contributed by atoms with E-state index in [0.717, 1.165) is 29.7 Å². The van der Waals surface area contributed by atoms with Gasteiger partial charge in [0.2, 0.25) is 0 Å². The molecule has 1 atom stereocenters.